The van der Waals surface area contributed by atoms with E-state index < -0.39 is 0 Å². The van der Waals surface area contributed by atoms with Gasteiger partial charge < -0.3 is 15.2 Å². The third-order valence-electron chi connectivity index (χ3n) is 1.90. The van der Waals surface area contributed by atoms with E-state index in [4.69, 9.17) is 26.7 Å². The van der Waals surface area contributed by atoms with Gasteiger partial charge in [-0.05, 0) is 18.2 Å². The van der Waals surface area contributed by atoms with Crippen molar-refractivity contribution in [3.8, 4) is 6.07 Å². The minimum absolute atomic E-state index is 0.0145. The van der Waals surface area contributed by atoms with E-state index in [1.165, 1.54) is 0 Å². The second-order valence-electron chi connectivity index (χ2n) is 3.06. The molecule has 0 aromatic heterocycles. The van der Waals surface area contributed by atoms with Gasteiger partial charge in [-0.1, -0.05) is 11.6 Å². The van der Waals surface area contributed by atoms with E-state index in [2.05, 4.69) is 11.4 Å². The Kier molecular flexibility index (Phi) is 5.65. The molecule has 1 aromatic rings. The standard InChI is InChI=1S/C11H13ClN2O2/c12-10-2-1-9(8-13)11(7-10)14-3-5-16-6-4-15/h1-2,7,14-15H,3-6H2. The van der Waals surface area contributed by atoms with Crippen LogP contribution in [0.3, 0.4) is 0 Å². The van der Waals surface area contributed by atoms with Crippen LogP contribution in [0.15, 0.2) is 18.2 Å². The molecule has 2 N–H and O–H groups in total. The Morgan fingerprint density at radius 1 is 1.44 bits per heavy atom. The molecule has 0 amide bonds. The van der Waals surface area contributed by atoms with Gasteiger partial charge in [-0.15, -0.1) is 0 Å². The highest BCUT2D eigenvalue weighted by atomic mass is 35.5. The van der Waals surface area contributed by atoms with E-state index in [0.29, 0.717) is 36.0 Å². The summed E-state index contributed by atoms with van der Waals surface area (Å²) in [4.78, 5) is 0. The van der Waals surface area contributed by atoms with Gasteiger partial charge in [-0.25, -0.2) is 0 Å². The fourth-order valence-corrected chi connectivity index (χ4v) is 1.36. The first-order valence-corrected chi connectivity index (χ1v) is 5.28. The predicted molar refractivity (Wildman–Crippen MR) is 62.6 cm³/mol. The third kappa shape index (κ3) is 4.07. The van der Waals surface area contributed by atoms with Gasteiger partial charge in [0.15, 0.2) is 0 Å². The molecule has 1 aromatic carbocycles. The van der Waals surface area contributed by atoms with E-state index in [1.807, 2.05) is 0 Å². The van der Waals surface area contributed by atoms with Gasteiger partial charge in [0.2, 0.25) is 0 Å². The first-order valence-electron chi connectivity index (χ1n) is 4.90. The van der Waals surface area contributed by atoms with Crippen LogP contribution >= 0.6 is 11.6 Å². The van der Waals surface area contributed by atoms with Gasteiger partial charge in [0.05, 0.1) is 31.1 Å². The number of hydrogen-bond donors (Lipinski definition) is 2. The largest absolute Gasteiger partial charge is 0.394 e. The average Bonchev–Trinajstić information content (AvgIpc) is 2.29. The highest BCUT2D eigenvalue weighted by molar-refractivity contribution is 6.30. The van der Waals surface area contributed by atoms with Gasteiger partial charge in [0.25, 0.3) is 0 Å². The number of aliphatic hydroxyl groups excluding tert-OH is 1. The van der Waals surface area contributed by atoms with Crippen molar-refractivity contribution in [2.75, 3.05) is 31.7 Å². The van der Waals surface area contributed by atoms with E-state index >= 15 is 0 Å². The smallest absolute Gasteiger partial charge is 0.101 e. The average molecular weight is 241 g/mol. The van der Waals surface area contributed by atoms with Crippen LogP contribution in [0.1, 0.15) is 5.56 Å². The molecule has 16 heavy (non-hydrogen) atoms. The molecule has 0 radical (unpaired) electrons. The van der Waals surface area contributed by atoms with E-state index in [0.717, 1.165) is 0 Å². The van der Waals surface area contributed by atoms with Crippen LogP contribution in [-0.4, -0.2) is 31.5 Å². The Labute approximate surface area is 99.4 Å². The Morgan fingerprint density at radius 2 is 2.25 bits per heavy atom. The molecule has 0 bridgehead atoms. The maximum absolute atomic E-state index is 8.85. The van der Waals surface area contributed by atoms with Crippen molar-refractivity contribution in [2.45, 2.75) is 0 Å². The van der Waals surface area contributed by atoms with Crippen LogP contribution in [-0.2, 0) is 4.74 Å². The van der Waals surface area contributed by atoms with Crippen LogP contribution < -0.4 is 5.32 Å². The lowest BCUT2D eigenvalue weighted by Crippen LogP contribution is -2.12. The molecule has 0 heterocycles. The molecule has 0 aliphatic rings. The zero-order chi connectivity index (χ0) is 11.8. The summed E-state index contributed by atoms with van der Waals surface area (Å²) >= 11 is 5.82. The summed E-state index contributed by atoms with van der Waals surface area (Å²) in [5, 5.41) is 21.0. The Bertz CT molecular complexity index is 377. The molecule has 0 saturated heterocycles. The van der Waals surface area contributed by atoms with Gasteiger partial charge in [0.1, 0.15) is 6.07 Å². The Morgan fingerprint density at radius 3 is 2.94 bits per heavy atom. The molecule has 0 saturated carbocycles. The lowest BCUT2D eigenvalue weighted by Gasteiger charge is -2.08. The van der Waals surface area contributed by atoms with E-state index in [1.54, 1.807) is 18.2 Å². The number of aliphatic hydroxyl groups is 1. The number of hydrogen-bond acceptors (Lipinski definition) is 4. The SMILES string of the molecule is N#Cc1ccc(Cl)cc1NCCOCCO. The molecular formula is C11H13ClN2O2. The van der Waals surface area contributed by atoms with Crippen LogP contribution in [0.2, 0.25) is 5.02 Å². The van der Waals surface area contributed by atoms with Gasteiger partial charge in [0, 0.05) is 11.6 Å². The zero-order valence-electron chi connectivity index (χ0n) is 8.74. The molecule has 0 spiro atoms. The molecular weight excluding hydrogens is 228 g/mol. The van der Waals surface area contributed by atoms with E-state index in [9.17, 15) is 0 Å². The summed E-state index contributed by atoms with van der Waals surface area (Å²) in [5.41, 5.74) is 1.24. The third-order valence-corrected chi connectivity index (χ3v) is 2.13. The zero-order valence-corrected chi connectivity index (χ0v) is 9.50. The maximum Gasteiger partial charge on any atom is 0.101 e. The fraction of sp³-hybridized carbons (Fsp3) is 0.364. The Hall–Kier alpha value is -1.28. The number of nitriles is 1. The molecule has 4 nitrogen and oxygen atoms in total. The van der Waals surface area contributed by atoms with Crippen molar-refractivity contribution in [1.29, 1.82) is 5.26 Å². The highest BCUT2D eigenvalue weighted by Crippen LogP contribution is 2.19. The van der Waals surface area contributed by atoms with Gasteiger partial charge >= 0.3 is 0 Å². The summed E-state index contributed by atoms with van der Waals surface area (Å²) in [6.45, 7) is 1.37. The summed E-state index contributed by atoms with van der Waals surface area (Å²) in [5.74, 6) is 0. The van der Waals surface area contributed by atoms with Crippen molar-refractivity contribution in [3.05, 3.63) is 28.8 Å². The molecule has 0 fully saturated rings. The number of nitrogens with one attached hydrogen (secondary N) is 1. The number of halogens is 1. The molecule has 0 unspecified atom stereocenters. The fourth-order valence-electron chi connectivity index (χ4n) is 1.18. The quantitative estimate of drug-likeness (QED) is 0.742. The minimum atomic E-state index is 0.0145. The lowest BCUT2D eigenvalue weighted by molar-refractivity contribution is 0.0992. The van der Waals surface area contributed by atoms with Crippen LogP contribution in [0, 0.1) is 11.3 Å². The minimum Gasteiger partial charge on any atom is -0.394 e. The van der Waals surface area contributed by atoms with Crippen molar-refractivity contribution in [1.82, 2.24) is 0 Å². The second kappa shape index (κ2) is 7.07. The molecule has 0 atom stereocenters. The topological polar surface area (TPSA) is 65.3 Å². The lowest BCUT2D eigenvalue weighted by atomic mass is 10.2. The summed E-state index contributed by atoms with van der Waals surface area (Å²) in [7, 11) is 0. The van der Waals surface area contributed by atoms with Crippen LogP contribution in [0.5, 0.6) is 0 Å². The number of rotatable bonds is 6. The van der Waals surface area contributed by atoms with E-state index in [-0.39, 0.29) is 6.61 Å². The second-order valence-corrected chi connectivity index (χ2v) is 3.50. The summed E-state index contributed by atoms with van der Waals surface area (Å²) in [6.07, 6.45) is 0. The number of nitrogens with zero attached hydrogens (tertiary/aromatic N) is 1. The van der Waals surface area contributed by atoms with Crippen molar-refractivity contribution in [2.24, 2.45) is 0 Å². The first-order chi connectivity index (χ1) is 7.77. The normalized spacial score (nSPS) is 9.81. The van der Waals surface area contributed by atoms with Crippen molar-refractivity contribution in [3.63, 3.8) is 0 Å². The molecule has 0 aliphatic heterocycles. The van der Waals surface area contributed by atoms with Gasteiger partial charge in [-0.2, -0.15) is 5.26 Å². The molecule has 0 aliphatic carbocycles. The Balaban J connectivity index is 2.46. The maximum atomic E-state index is 8.85. The molecule has 5 heteroatoms. The first kappa shape index (κ1) is 12.8. The molecule has 1 rings (SSSR count). The highest BCUT2D eigenvalue weighted by Gasteiger charge is 2.01. The monoisotopic (exact) mass is 240 g/mol. The number of benzene rings is 1. The summed E-state index contributed by atoms with van der Waals surface area (Å²) in [6, 6.07) is 7.11. The van der Waals surface area contributed by atoms with Crippen LogP contribution in [0.25, 0.3) is 0 Å². The van der Waals surface area contributed by atoms with Crippen molar-refractivity contribution >= 4 is 17.3 Å². The van der Waals surface area contributed by atoms with Gasteiger partial charge in [-0.3, -0.25) is 0 Å². The number of ether oxygens (including phenoxy) is 1. The number of anilines is 1. The summed E-state index contributed by atoms with van der Waals surface area (Å²) < 4.78 is 5.08. The molecule has 86 valence electrons. The van der Waals surface area contributed by atoms with Crippen LogP contribution in [0.4, 0.5) is 5.69 Å². The predicted octanol–water partition coefficient (Wildman–Crippen LogP) is 1.63. The van der Waals surface area contributed by atoms with Crippen molar-refractivity contribution < 1.29 is 9.84 Å².